The molecular formula is C16H13ClN2O3. The van der Waals surface area contributed by atoms with Crippen LogP contribution in [-0.2, 0) is 0 Å². The standard InChI is InChI=1S/C16H13ClN2O3/c17-12-6-9(18)5-11(8-1-2-8)15(12)19-13-4-3-10(20)7-14(13)22-16(19)21/h3-8,20H,1-2,18H2. The van der Waals surface area contributed by atoms with Gasteiger partial charge in [0, 0.05) is 11.8 Å². The lowest BCUT2D eigenvalue weighted by molar-refractivity contribution is 0.473. The van der Waals surface area contributed by atoms with Crippen LogP contribution >= 0.6 is 11.6 Å². The molecule has 0 amide bonds. The first-order chi connectivity index (χ1) is 10.5. The molecule has 0 radical (unpaired) electrons. The molecule has 0 atom stereocenters. The molecule has 1 aromatic heterocycles. The van der Waals surface area contributed by atoms with Gasteiger partial charge in [-0.2, -0.15) is 0 Å². The molecule has 1 saturated carbocycles. The smallest absolute Gasteiger partial charge is 0.424 e. The van der Waals surface area contributed by atoms with E-state index in [1.807, 2.05) is 6.07 Å². The van der Waals surface area contributed by atoms with Gasteiger partial charge >= 0.3 is 5.76 Å². The lowest BCUT2D eigenvalue weighted by Gasteiger charge is -2.12. The molecule has 0 unspecified atom stereocenters. The molecule has 0 bridgehead atoms. The van der Waals surface area contributed by atoms with Crippen LogP contribution in [0.3, 0.4) is 0 Å². The molecule has 6 heteroatoms. The number of aromatic nitrogens is 1. The van der Waals surface area contributed by atoms with Crippen LogP contribution in [0.2, 0.25) is 5.02 Å². The zero-order valence-corrected chi connectivity index (χ0v) is 12.3. The number of halogens is 1. The van der Waals surface area contributed by atoms with Gasteiger partial charge in [-0.3, -0.25) is 0 Å². The summed E-state index contributed by atoms with van der Waals surface area (Å²) in [4.78, 5) is 12.3. The number of aromatic hydroxyl groups is 1. The third-order valence-electron chi connectivity index (χ3n) is 3.92. The van der Waals surface area contributed by atoms with E-state index < -0.39 is 5.76 Å². The van der Waals surface area contributed by atoms with Gasteiger partial charge in [-0.05, 0) is 48.6 Å². The second kappa shape index (κ2) is 4.55. The molecule has 0 aliphatic heterocycles. The Morgan fingerprint density at radius 2 is 2.05 bits per heavy atom. The van der Waals surface area contributed by atoms with Crippen LogP contribution in [0.1, 0.15) is 24.3 Å². The summed E-state index contributed by atoms with van der Waals surface area (Å²) in [6.07, 6.45) is 2.11. The van der Waals surface area contributed by atoms with Gasteiger partial charge in [0.05, 0.1) is 16.2 Å². The molecule has 22 heavy (non-hydrogen) atoms. The molecular weight excluding hydrogens is 304 g/mol. The van der Waals surface area contributed by atoms with Gasteiger partial charge in [-0.15, -0.1) is 0 Å². The number of hydrogen-bond donors (Lipinski definition) is 2. The number of nitrogens with two attached hydrogens (primary N) is 1. The minimum absolute atomic E-state index is 0.0409. The van der Waals surface area contributed by atoms with Crippen molar-refractivity contribution in [3.63, 3.8) is 0 Å². The molecule has 0 spiro atoms. The van der Waals surface area contributed by atoms with Crippen LogP contribution < -0.4 is 11.5 Å². The molecule has 2 aromatic carbocycles. The fourth-order valence-corrected chi connectivity index (χ4v) is 3.12. The molecule has 1 aliphatic rings. The summed E-state index contributed by atoms with van der Waals surface area (Å²) in [5.74, 6) is -0.127. The minimum Gasteiger partial charge on any atom is -0.508 e. The maximum atomic E-state index is 12.3. The van der Waals surface area contributed by atoms with E-state index in [4.69, 9.17) is 21.8 Å². The van der Waals surface area contributed by atoms with Gasteiger partial charge in [0.15, 0.2) is 5.58 Å². The Bertz CT molecular complexity index is 954. The molecule has 3 N–H and O–H groups in total. The van der Waals surface area contributed by atoms with Crippen LogP contribution in [0.5, 0.6) is 5.75 Å². The number of hydrogen-bond acceptors (Lipinski definition) is 4. The van der Waals surface area contributed by atoms with Gasteiger partial charge in [-0.1, -0.05) is 11.6 Å². The maximum Gasteiger partial charge on any atom is 0.424 e. The van der Waals surface area contributed by atoms with Gasteiger partial charge in [0.2, 0.25) is 0 Å². The maximum absolute atomic E-state index is 12.3. The number of phenolic OH excluding ortho intramolecular Hbond substituents is 1. The monoisotopic (exact) mass is 316 g/mol. The number of nitrogen functional groups attached to an aromatic ring is 1. The highest BCUT2D eigenvalue weighted by molar-refractivity contribution is 6.33. The largest absolute Gasteiger partial charge is 0.508 e. The average Bonchev–Trinajstić information content (AvgIpc) is 3.23. The molecule has 0 saturated heterocycles. The highest BCUT2D eigenvalue weighted by Crippen LogP contribution is 2.45. The van der Waals surface area contributed by atoms with Crippen molar-refractivity contribution < 1.29 is 9.52 Å². The Hall–Kier alpha value is -2.40. The zero-order chi connectivity index (χ0) is 15.4. The van der Waals surface area contributed by atoms with Gasteiger partial charge < -0.3 is 15.3 Å². The number of anilines is 1. The number of nitrogens with zero attached hydrogens (tertiary/aromatic N) is 1. The third kappa shape index (κ3) is 1.97. The molecule has 3 aromatic rings. The predicted molar refractivity (Wildman–Crippen MR) is 84.9 cm³/mol. The number of fused-ring (bicyclic) bond motifs is 1. The first kappa shape index (κ1) is 13.3. The van der Waals surface area contributed by atoms with Crippen LogP contribution in [0.15, 0.2) is 39.5 Å². The van der Waals surface area contributed by atoms with Crippen LogP contribution in [0.4, 0.5) is 5.69 Å². The number of benzene rings is 2. The Morgan fingerprint density at radius 1 is 1.27 bits per heavy atom. The van der Waals surface area contributed by atoms with Crippen molar-refractivity contribution in [3.8, 4) is 11.4 Å². The summed E-state index contributed by atoms with van der Waals surface area (Å²) in [5, 5.41) is 9.95. The molecule has 112 valence electrons. The van der Waals surface area contributed by atoms with E-state index in [0.717, 1.165) is 18.4 Å². The second-order valence-corrected chi connectivity index (χ2v) is 5.98. The van der Waals surface area contributed by atoms with E-state index in [-0.39, 0.29) is 5.75 Å². The van der Waals surface area contributed by atoms with Crippen molar-refractivity contribution in [1.29, 1.82) is 0 Å². The normalized spacial score (nSPS) is 14.6. The topological polar surface area (TPSA) is 81.4 Å². The molecule has 1 heterocycles. The molecule has 5 nitrogen and oxygen atoms in total. The highest BCUT2D eigenvalue weighted by Gasteiger charge is 2.29. The number of rotatable bonds is 2. The average molecular weight is 317 g/mol. The van der Waals surface area contributed by atoms with Gasteiger partial charge in [0.25, 0.3) is 0 Å². The molecule has 1 fully saturated rings. The number of phenols is 1. The van der Waals surface area contributed by atoms with Crippen molar-refractivity contribution in [2.24, 2.45) is 0 Å². The van der Waals surface area contributed by atoms with E-state index in [9.17, 15) is 9.90 Å². The Kier molecular flexibility index (Phi) is 2.74. The number of oxazole rings is 1. The van der Waals surface area contributed by atoms with Crippen LogP contribution in [0, 0.1) is 0 Å². The summed E-state index contributed by atoms with van der Waals surface area (Å²) in [7, 11) is 0. The lowest BCUT2D eigenvalue weighted by atomic mass is 10.1. The highest BCUT2D eigenvalue weighted by atomic mass is 35.5. The Morgan fingerprint density at radius 3 is 2.77 bits per heavy atom. The van der Waals surface area contributed by atoms with E-state index >= 15 is 0 Å². The zero-order valence-electron chi connectivity index (χ0n) is 11.5. The van der Waals surface area contributed by atoms with E-state index in [1.54, 1.807) is 12.1 Å². The predicted octanol–water partition coefficient (Wildman–Crippen LogP) is 3.40. The summed E-state index contributed by atoms with van der Waals surface area (Å²) in [6.45, 7) is 0. The van der Waals surface area contributed by atoms with Crippen molar-refractivity contribution >= 4 is 28.4 Å². The summed E-state index contributed by atoms with van der Waals surface area (Å²) < 4.78 is 6.68. The Balaban J connectivity index is 2.08. The van der Waals surface area contributed by atoms with Gasteiger partial charge in [0.1, 0.15) is 5.75 Å². The van der Waals surface area contributed by atoms with Crippen molar-refractivity contribution in [3.05, 3.63) is 51.5 Å². The summed E-state index contributed by atoms with van der Waals surface area (Å²) in [6, 6.07) is 8.06. The van der Waals surface area contributed by atoms with Crippen molar-refractivity contribution in [1.82, 2.24) is 4.57 Å². The second-order valence-electron chi connectivity index (χ2n) is 5.57. The quantitative estimate of drug-likeness (QED) is 0.710. The SMILES string of the molecule is Nc1cc(Cl)c(-n2c(=O)oc3cc(O)ccc32)c(C2CC2)c1. The van der Waals surface area contributed by atoms with E-state index in [0.29, 0.717) is 33.4 Å². The Labute approximate surface area is 130 Å². The molecule has 4 rings (SSSR count). The van der Waals surface area contributed by atoms with Gasteiger partial charge in [-0.25, -0.2) is 9.36 Å². The van der Waals surface area contributed by atoms with Crippen LogP contribution in [-0.4, -0.2) is 9.67 Å². The molecule has 1 aliphatic carbocycles. The third-order valence-corrected chi connectivity index (χ3v) is 4.21. The van der Waals surface area contributed by atoms with Crippen molar-refractivity contribution in [2.45, 2.75) is 18.8 Å². The fraction of sp³-hybridized carbons (Fsp3) is 0.188. The van der Waals surface area contributed by atoms with E-state index in [1.165, 1.54) is 16.7 Å². The van der Waals surface area contributed by atoms with E-state index in [2.05, 4.69) is 0 Å². The lowest BCUT2D eigenvalue weighted by Crippen LogP contribution is -2.14. The van der Waals surface area contributed by atoms with Crippen molar-refractivity contribution in [2.75, 3.05) is 5.73 Å². The first-order valence-corrected chi connectivity index (χ1v) is 7.36. The van der Waals surface area contributed by atoms with Crippen LogP contribution in [0.25, 0.3) is 16.8 Å². The fourth-order valence-electron chi connectivity index (χ4n) is 2.80. The first-order valence-electron chi connectivity index (χ1n) is 6.98. The summed E-state index contributed by atoms with van der Waals surface area (Å²) >= 11 is 6.37. The summed E-state index contributed by atoms with van der Waals surface area (Å²) in [5.41, 5.74) is 8.93. The minimum atomic E-state index is -0.533.